The number of allylic oxidation sites excluding steroid dienone is 1. The summed E-state index contributed by atoms with van der Waals surface area (Å²) < 4.78 is 0. The van der Waals surface area contributed by atoms with Crippen LogP contribution < -0.4 is 0 Å². The lowest BCUT2D eigenvalue weighted by atomic mass is 9.79. The number of aliphatic hydroxyl groups is 1. The first kappa shape index (κ1) is 31.8. The molecular weight excluding hydrogens is 423 g/mol. The second-order valence-corrected chi connectivity index (χ2v) is 9.14. The van der Waals surface area contributed by atoms with E-state index in [9.17, 15) is 0 Å². The molecule has 4 nitrogen and oxygen atoms in total. The number of aryl methyl sites for hydroxylation is 2. The van der Waals surface area contributed by atoms with Crippen molar-refractivity contribution in [3.05, 3.63) is 71.3 Å². The molecule has 0 radical (unpaired) electrons. The largest absolute Gasteiger partial charge is 0.451 e. The second kappa shape index (κ2) is 18.2. The van der Waals surface area contributed by atoms with Crippen molar-refractivity contribution in [2.24, 2.45) is 5.92 Å². The molecule has 0 aliphatic heterocycles. The van der Waals surface area contributed by atoms with Crippen molar-refractivity contribution in [2.45, 2.75) is 78.5 Å². The van der Waals surface area contributed by atoms with Crippen molar-refractivity contribution in [3.63, 3.8) is 0 Å². The summed E-state index contributed by atoms with van der Waals surface area (Å²) in [6.45, 7) is 14.0. The summed E-state index contributed by atoms with van der Waals surface area (Å²) in [7, 11) is -0.227. The molecule has 0 bridgehead atoms. The van der Waals surface area contributed by atoms with Gasteiger partial charge in [0, 0.05) is 7.11 Å². The van der Waals surface area contributed by atoms with Crippen LogP contribution in [-0.2, 0) is 17.6 Å². The number of hydrogen-bond donors (Lipinski definition) is 3. The van der Waals surface area contributed by atoms with Gasteiger partial charge in [0.25, 0.3) is 0 Å². The summed E-state index contributed by atoms with van der Waals surface area (Å²) >= 11 is 0. The van der Waals surface area contributed by atoms with Gasteiger partial charge in [-0.2, -0.15) is 0 Å². The number of aliphatic hydroxyl groups excluding tert-OH is 1. The van der Waals surface area contributed by atoms with Crippen molar-refractivity contribution >= 4 is 13.9 Å². The van der Waals surface area contributed by atoms with E-state index >= 15 is 0 Å². The Labute approximate surface area is 207 Å². The predicted octanol–water partition coefficient (Wildman–Crippen LogP) is 6.23. The smallest absolute Gasteiger partial charge is 0.427 e. The molecule has 188 valence electrons. The van der Waals surface area contributed by atoms with Crippen LogP contribution in [0.5, 0.6) is 0 Å². The summed E-state index contributed by atoms with van der Waals surface area (Å²) in [5.74, 6) is 1.63. The minimum atomic E-state index is -1.23. The summed E-state index contributed by atoms with van der Waals surface area (Å²) in [5.41, 5.74) is 7.69. The molecule has 3 rings (SSSR count). The van der Waals surface area contributed by atoms with E-state index < -0.39 is 7.12 Å². The minimum Gasteiger partial charge on any atom is -0.427 e. The molecule has 0 unspecified atom stereocenters. The molecule has 5 heteroatoms. The van der Waals surface area contributed by atoms with Crippen molar-refractivity contribution in [2.75, 3.05) is 7.11 Å². The summed E-state index contributed by atoms with van der Waals surface area (Å²) in [4.78, 5) is 8.00. The van der Waals surface area contributed by atoms with Gasteiger partial charge in [-0.3, -0.25) is 0 Å². The highest BCUT2D eigenvalue weighted by Crippen LogP contribution is 2.36. The molecule has 0 amide bonds. The van der Waals surface area contributed by atoms with Crippen LogP contribution in [0.15, 0.2) is 54.6 Å². The zero-order valence-corrected chi connectivity index (χ0v) is 21.9. The Morgan fingerprint density at radius 3 is 1.88 bits per heavy atom. The zero-order chi connectivity index (χ0) is 26.1. The number of benzene rings is 2. The van der Waals surface area contributed by atoms with E-state index in [1.165, 1.54) is 59.1 Å². The molecule has 2 aromatic carbocycles. The van der Waals surface area contributed by atoms with Gasteiger partial charge in [-0.15, -0.1) is 6.58 Å². The second-order valence-electron chi connectivity index (χ2n) is 9.14. The van der Waals surface area contributed by atoms with Crippen LogP contribution >= 0.6 is 0 Å². The van der Waals surface area contributed by atoms with Crippen LogP contribution in [0.25, 0.3) is 11.1 Å². The lowest BCUT2D eigenvalue weighted by Crippen LogP contribution is -2.11. The van der Waals surface area contributed by atoms with Gasteiger partial charge in [0.05, 0.1) is 0 Å². The van der Waals surface area contributed by atoms with Crippen molar-refractivity contribution in [3.8, 4) is 11.1 Å². The molecule has 2 aromatic rings. The molecule has 1 fully saturated rings. The van der Waals surface area contributed by atoms with E-state index in [2.05, 4.69) is 62.9 Å². The molecule has 1 saturated carbocycles. The van der Waals surface area contributed by atoms with Crippen LogP contribution in [0.4, 0.5) is 0 Å². The fraction of sp³-hybridized carbons (Fsp3) is 0.483. The first-order valence-corrected chi connectivity index (χ1v) is 12.2. The van der Waals surface area contributed by atoms with Crippen LogP contribution in [-0.4, -0.2) is 36.2 Å². The van der Waals surface area contributed by atoms with E-state index in [4.69, 9.17) is 19.9 Å². The Bertz CT molecular complexity index is 805. The van der Waals surface area contributed by atoms with Gasteiger partial charge < -0.3 is 19.9 Å². The fourth-order valence-corrected chi connectivity index (χ4v) is 4.20. The Balaban J connectivity index is 0.00000121. The first-order chi connectivity index (χ1) is 16.3. The van der Waals surface area contributed by atoms with E-state index in [1.54, 1.807) is 0 Å². The topological polar surface area (TPSA) is 77.8 Å². The number of rotatable bonds is 6. The van der Waals surface area contributed by atoms with Crippen LogP contribution in [0, 0.1) is 5.92 Å². The average Bonchev–Trinajstić information content (AvgIpc) is 2.85. The summed E-state index contributed by atoms with van der Waals surface area (Å²) in [6.07, 6.45) is 7.43. The Kier molecular flexibility index (Phi) is 17.0. The zero-order valence-electron chi connectivity index (χ0n) is 21.9. The third kappa shape index (κ3) is 11.8. The van der Waals surface area contributed by atoms with Gasteiger partial charge in [-0.25, -0.2) is 0 Å². The highest BCUT2D eigenvalue weighted by molar-refractivity contribution is 6.41. The molecule has 0 spiro atoms. The third-order valence-electron chi connectivity index (χ3n) is 5.99. The third-order valence-corrected chi connectivity index (χ3v) is 5.99. The number of carbonyl (C=O) groups excluding carboxylic acids is 1. The van der Waals surface area contributed by atoms with Crippen LogP contribution in [0.2, 0.25) is 6.32 Å². The lowest BCUT2D eigenvalue weighted by molar-refractivity contribution is -0.0980. The van der Waals surface area contributed by atoms with Crippen molar-refractivity contribution < 1.29 is 19.9 Å². The highest BCUT2D eigenvalue weighted by atomic mass is 16.4. The molecule has 1 aliphatic rings. The van der Waals surface area contributed by atoms with Gasteiger partial charge in [-0.1, -0.05) is 74.7 Å². The van der Waals surface area contributed by atoms with E-state index in [1.807, 2.05) is 20.6 Å². The van der Waals surface area contributed by atoms with E-state index in [0.29, 0.717) is 12.7 Å². The Morgan fingerprint density at radius 2 is 1.41 bits per heavy atom. The van der Waals surface area contributed by atoms with Gasteiger partial charge in [0.2, 0.25) is 0 Å². The fourth-order valence-electron chi connectivity index (χ4n) is 4.20. The maximum absolute atomic E-state index is 9.11. The van der Waals surface area contributed by atoms with Crippen LogP contribution in [0.3, 0.4) is 0 Å². The monoisotopic (exact) mass is 468 g/mol. The summed E-state index contributed by atoms with van der Waals surface area (Å²) in [5, 5.41) is 25.2. The first-order valence-electron chi connectivity index (χ1n) is 12.2. The molecule has 1 aliphatic carbocycles. The molecule has 0 aromatic heterocycles. The van der Waals surface area contributed by atoms with Crippen LogP contribution in [0.1, 0.15) is 76.0 Å². The number of hydrogen-bond acceptors (Lipinski definition) is 4. The maximum Gasteiger partial charge on any atom is 0.451 e. The van der Waals surface area contributed by atoms with Gasteiger partial charge in [0.1, 0.15) is 6.79 Å². The van der Waals surface area contributed by atoms with E-state index in [0.717, 1.165) is 25.4 Å². The average molecular weight is 468 g/mol. The molecule has 3 N–H and O–H groups in total. The Hall–Kier alpha value is -2.21. The van der Waals surface area contributed by atoms with Gasteiger partial charge in [0.15, 0.2) is 0 Å². The molecule has 0 heterocycles. The Morgan fingerprint density at radius 1 is 0.912 bits per heavy atom. The van der Waals surface area contributed by atoms with Gasteiger partial charge >= 0.3 is 7.12 Å². The van der Waals surface area contributed by atoms with Crippen molar-refractivity contribution in [1.82, 2.24) is 0 Å². The number of carbonyl (C=O) groups is 1. The summed E-state index contributed by atoms with van der Waals surface area (Å²) in [6, 6.07) is 15.7. The minimum absolute atomic E-state index is 0.390. The molecule has 34 heavy (non-hydrogen) atoms. The molecule has 0 atom stereocenters. The predicted molar refractivity (Wildman–Crippen MR) is 146 cm³/mol. The van der Waals surface area contributed by atoms with E-state index in [-0.39, 0.29) is 0 Å². The standard InChI is InChI=1S/C23H31BO2.C4H8.CH4O.CH2O/c1-3-18-16-23(13-12-22(18)14-15-24(25)26)21-10-8-20(9-11-21)19-6-4-17(2)5-7-19;1-4(2)3;2*1-2/h8-13,16-17,19,25-26H,3-7,14-15H2,1-2H3;1H2,2-3H3;2H,1H3;1H2. The SMILES string of the molecule is C=C(C)C.C=O.CCc1cc(-c2ccc(C3CCC(C)CC3)cc2)ccc1CCB(O)O.CO. The lowest BCUT2D eigenvalue weighted by Gasteiger charge is -2.26. The normalized spacial score (nSPS) is 16.5. The maximum atomic E-state index is 9.11. The quantitative estimate of drug-likeness (QED) is 0.347. The highest BCUT2D eigenvalue weighted by Gasteiger charge is 2.19. The molecule has 0 saturated heterocycles. The molecular formula is C29H45BO4. The van der Waals surface area contributed by atoms with Gasteiger partial charge in [-0.05, 0) is 85.5 Å². The van der Waals surface area contributed by atoms with Crippen molar-refractivity contribution in [1.29, 1.82) is 0 Å².